The molecule has 8 heteroatoms. The first-order chi connectivity index (χ1) is 14.2. The molecule has 0 bridgehead atoms. The third kappa shape index (κ3) is 5.18. The highest BCUT2D eigenvalue weighted by Crippen LogP contribution is 2.19. The van der Waals surface area contributed by atoms with E-state index in [1.807, 2.05) is 27.7 Å². The molecule has 3 rings (SSSR count). The Kier molecular flexibility index (Phi) is 6.77. The lowest BCUT2D eigenvalue weighted by molar-refractivity contribution is -0.131. The van der Waals surface area contributed by atoms with Crippen molar-refractivity contribution in [3.05, 3.63) is 46.8 Å². The largest absolute Gasteiger partial charge is 0.489 e. The van der Waals surface area contributed by atoms with Crippen LogP contribution >= 0.6 is 0 Å². The first-order valence-electron chi connectivity index (χ1n) is 10.1. The zero-order chi connectivity index (χ0) is 21.8. The SMILES string of the molecule is Cc1noc(C)c1COc1ccc(C(=O)N2CC(=O)N(CC(C)C)CC(O)C2)cc1. The summed E-state index contributed by atoms with van der Waals surface area (Å²) in [4.78, 5) is 28.5. The Balaban J connectivity index is 1.64. The molecular weight excluding hydrogens is 386 g/mol. The minimum absolute atomic E-state index is 0.0348. The van der Waals surface area contributed by atoms with Crippen molar-refractivity contribution >= 4 is 11.8 Å². The van der Waals surface area contributed by atoms with Gasteiger partial charge in [0, 0.05) is 25.2 Å². The quantitative estimate of drug-likeness (QED) is 0.777. The average Bonchev–Trinajstić information content (AvgIpc) is 2.94. The van der Waals surface area contributed by atoms with E-state index in [1.165, 1.54) is 4.90 Å². The van der Waals surface area contributed by atoms with Gasteiger partial charge in [-0.15, -0.1) is 0 Å². The van der Waals surface area contributed by atoms with Gasteiger partial charge in [0.15, 0.2) is 0 Å². The van der Waals surface area contributed by atoms with E-state index < -0.39 is 6.10 Å². The number of nitrogens with zero attached hydrogens (tertiary/aromatic N) is 3. The standard InChI is InChI=1S/C22H29N3O5/c1-14(2)9-24-10-18(26)11-25(12-21(24)27)22(28)17-5-7-19(8-6-17)29-13-20-15(3)23-30-16(20)4/h5-8,14,18,26H,9-13H2,1-4H3. The summed E-state index contributed by atoms with van der Waals surface area (Å²) in [6.07, 6.45) is -0.767. The molecule has 1 aliphatic rings. The molecule has 0 saturated carbocycles. The predicted octanol–water partition coefficient (Wildman–Crippen LogP) is 2.17. The van der Waals surface area contributed by atoms with E-state index in [2.05, 4.69) is 5.16 Å². The topological polar surface area (TPSA) is 96.1 Å². The molecule has 1 aliphatic heterocycles. The summed E-state index contributed by atoms with van der Waals surface area (Å²) >= 11 is 0. The maximum absolute atomic E-state index is 12.9. The number of aromatic nitrogens is 1. The minimum atomic E-state index is -0.767. The molecule has 0 spiro atoms. The van der Waals surface area contributed by atoms with E-state index >= 15 is 0 Å². The van der Waals surface area contributed by atoms with Gasteiger partial charge in [0.25, 0.3) is 5.91 Å². The lowest BCUT2D eigenvalue weighted by atomic mass is 10.1. The van der Waals surface area contributed by atoms with Crippen LogP contribution in [0.5, 0.6) is 5.75 Å². The summed E-state index contributed by atoms with van der Waals surface area (Å²) in [5.41, 5.74) is 2.13. The molecule has 1 atom stereocenters. The number of aryl methyl sites for hydroxylation is 2. The minimum Gasteiger partial charge on any atom is -0.489 e. The highest BCUT2D eigenvalue weighted by Gasteiger charge is 2.30. The number of carbonyl (C=O) groups is 2. The summed E-state index contributed by atoms with van der Waals surface area (Å²) < 4.78 is 10.9. The number of aliphatic hydroxyl groups excluding tert-OH is 1. The Morgan fingerprint density at radius 1 is 1.27 bits per heavy atom. The summed E-state index contributed by atoms with van der Waals surface area (Å²) in [7, 11) is 0. The van der Waals surface area contributed by atoms with Gasteiger partial charge in [-0.1, -0.05) is 19.0 Å². The van der Waals surface area contributed by atoms with E-state index in [9.17, 15) is 14.7 Å². The Bertz CT molecular complexity index is 871. The number of ether oxygens (including phenoxy) is 1. The van der Waals surface area contributed by atoms with E-state index in [4.69, 9.17) is 9.26 Å². The van der Waals surface area contributed by atoms with E-state index in [0.29, 0.717) is 30.4 Å². The van der Waals surface area contributed by atoms with Gasteiger partial charge in [-0.2, -0.15) is 0 Å². The van der Waals surface area contributed by atoms with Gasteiger partial charge in [0.05, 0.1) is 17.4 Å². The molecule has 162 valence electrons. The summed E-state index contributed by atoms with van der Waals surface area (Å²) in [5, 5.41) is 14.2. The fourth-order valence-electron chi connectivity index (χ4n) is 3.51. The molecule has 1 unspecified atom stereocenters. The number of carbonyl (C=O) groups excluding carboxylic acids is 2. The van der Waals surface area contributed by atoms with Crippen LogP contribution in [0.3, 0.4) is 0 Å². The molecule has 2 aromatic rings. The second kappa shape index (κ2) is 9.30. The molecule has 2 heterocycles. The fraction of sp³-hybridized carbons (Fsp3) is 0.500. The van der Waals surface area contributed by atoms with Crippen LogP contribution in [-0.4, -0.2) is 64.2 Å². The third-order valence-corrected chi connectivity index (χ3v) is 5.08. The maximum atomic E-state index is 12.9. The number of hydrogen-bond donors (Lipinski definition) is 1. The Morgan fingerprint density at radius 3 is 2.57 bits per heavy atom. The molecule has 1 aromatic carbocycles. The molecule has 1 N–H and O–H groups in total. The van der Waals surface area contributed by atoms with Crippen molar-refractivity contribution in [3.8, 4) is 5.75 Å². The number of β-amino-alcohol motifs (C(OH)–C–C–N with tert-alkyl or cyclic N) is 1. The number of amides is 2. The Labute approximate surface area is 176 Å². The zero-order valence-corrected chi connectivity index (χ0v) is 17.9. The summed E-state index contributed by atoms with van der Waals surface area (Å²) in [6.45, 7) is 8.95. The smallest absolute Gasteiger partial charge is 0.254 e. The van der Waals surface area contributed by atoms with Crippen molar-refractivity contribution < 1.29 is 24.0 Å². The van der Waals surface area contributed by atoms with Crippen LogP contribution in [-0.2, 0) is 11.4 Å². The number of hydrogen-bond acceptors (Lipinski definition) is 6. The second-order valence-electron chi connectivity index (χ2n) is 8.15. The van der Waals surface area contributed by atoms with Crippen molar-refractivity contribution in [1.82, 2.24) is 15.0 Å². The van der Waals surface area contributed by atoms with E-state index in [0.717, 1.165) is 17.0 Å². The first-order valence-corrected chi connectivity index (χ1v) is 10.1. The van der Waals surface area contributed by atoms with Crippen LogP contribution < -0.4 is 4.74 Å². The van der Waals surface area contributed by atoms with Gasteiger partial charge < -0.3 is 24.2 Å². The van der Waals surface area contributed by atoms with Gasteiger partial charge >= 0.3 is 0 Å². The van der Waals surface area contributed by atoms with Crippen LogP contribution in [0.25, 0.3) is 0 Å². The first kappa shape index (κ1) is 21.8. The van der Waals surface area contributed by atoms with Gasteiger partial charge in [0.1, 0.15) is 24.7 Å². The molecule has 30 heavy (non-hydrogen) atoms. The number of benzene rings is 1. The molecule has 1 aromatic heterocycles. The molecule has 0 radical (unpaired) electrons. The lowest BCUT2D eigenvalue weighted by Crippen LogP contribution is -2.40. The van der Waals surface area contributed by atoms with Gasteiger partial charge in [-0.3, -0.25) is 9.59 Å². The molecule has 1 saturated heterocycles. The van der Waals surface area contributed by atoms with Crippen molar-refractivity contribution in [2.75, 3.05) is 26.2 Å². The molecule has 2 amide bonds. The monoisotopic (exact) mass is 415 g/mol. The highest BCUT2D eigenvalue weighted by molar-refractivity contribution is 5.96. The molecular formula is C22H29N3O5. The lowest BCUT2D eigenvalue weighted by Gasteiger charge is -2.23. The Hall–Kier alpha value is -2.87. The Morgan fingerprint density at radius 2 is 1.97 bits per heavy atom. The second-order valence-corrected chi connectivity index (χ2v) is 8.15. The van der Waals surface area contributed by atoms with Crippen molar-refractivity contribution in [3.63, 3.8) is 0 Å². The van der Waals surface area contributed by atoms with Crippen LogP contribution in [0, 0.1) is 19.8 Å². The van der Waals surface area contributed by atoms with Crippen molar-refractivity contribution in [2.45, 2.75) is 40.4 Å². The summed E-state index contributed by atoms with van der Waals surface area (Å²) in [5.74, 6) is 1.19. The zero-order valence-electron chi connectivity index (χ0n) is 17.9. The average molecular weight is 415 g/mol. The van der Waals surface area contributed by atoms with Crippen LogP contribution in [0.4, 0.5) is 0 Å². The summed E-state index contributed by atoms with van der Waals surface area (Å²) in [6, 6.07) is 6.76. The highest BCUT2D eigenvalue weighted by atomic mass is 16.5. The normalized spacial score (nSPS) is 17.4. The van der Waals surface area contributed by atoms with Crippen LogP contribution in [0.2, 0.25) is 0 Å². The van der Waals surface area contributed by atoms with Gasteiger partial charge in [-0.25, -0.2) is 0 Å². The third-order valence-electron chi connectivity index (χ3n) is 5.08. The van der Waals surface area contributed by atoms with Gasteiger partial charge in [-0.05, 0) is 44.0 Å². The molecule has 8 nitrogen and oxygen atoms in total. The van der Waals surface area contributed by atoms with Crippen molar-refractivity contribution in [2.24, 2.45) is 5.92 Å². The van der Waals surface area contributed by atoms with Crippen LogP contribution in [0.15, 0.2) is 28.8 Å². The maximum Gasteiger partial charge on any atom is 0.254 e. The van der Waals surface area contributed by atoms with Gasteiger partial charge in [0.2, 0.25) is 5.91 Å². The number of rotatable bonds is 6. The predicted molar refractivity (Wildman–Crippen MR) is 110 cm³/mol. The number of aliphatic hydroxyl groups is 1. The van der Waals surface area contributed by atoms with Crippen molar-refractivity contribution in [1.29, 1.82) is 0 Å². The molecule has 1 fully saturated rings. The fourth-order valence-corrected chi connectivity index (χ4v) is 3.51. The van der Waals surface area contributed by atoms with E-state index in [1.54, 1.807) is 29.2 Å². The van der Waals surface area contributed by atoms with Crippen LogP contribution in [0.1, 0.15) is 41.2 Å². The van der Waals surface area contributed by atoms with E-state index in [-0.39, 0.29) is 31.4 Å². The molecule has 0 aliphatic carbocycles.